The molecule has 0 radical (unpaired) electrons. The maximum atomic E-state index is 11.0. The van der Waals surface area contributed by atoms with Crippen LogP contribution in [0.15, 0.2) is 29.2 Å². The lowest BCUT2D eigenvalue weighted by Gasteiger charge is -2.08. The van der Waals surface area contributed by atoms with Crippen molar-refractivity contribution in [2.24, 2.45) is 5.73 Å². The molecule has 3 nitrogen and oxygen atoms in total. The second-order valence-corrected chi connectivity index (χ2v) is 7.01. The lowest BCUT2D eigenvalue weighted by atomic mass is 10.0. The minimum absolute atomic E-state index is 0.0389. The number of nitrogens with two attached hydrogens (primary N) is 1. The summed E-state index contributed by atoms with van der Waals surface area (Å²) in [5.74, 6) is 0. The zero-order valence-corrected chi connectivity index (χ0v) is 10.4. The Morgan fingerprint density at radius 2 is 1.81 bits per heavy atom. The Hall–Kier alpha value is -0.580. The average molecular weight is 260 g/mol. The van der Waals surface area contributed by atoms with Gasteiger partial charge in [0.05, 0.1) is 4.90 Å². The van der Waals surface area contributed by atoms with Gasteiger partial charge in [0.25, 0.3) is 9.05 Å². The van der Waals surface area contributed by atoms with Gasteiger partial charge in [0, 0.05) is 16.2 Å². The molecule has 1 aliphatic rings. The predicted octanol–water partition coefficient (Wildman–Crippen LogP) is 2.04. The molecule has 0 aliphatic heterocycles. The first kappa shape index (κ1) is 11.9. The zero-order chi connectivity index (χ0) is 11.8. The number of halogens is 1. The van der Waals surface area contributed by atoms with Gasteiger partial charge in [-0.1, -0.05) is 12.1 Å². The van der Waals surface area contributed by atoms with Crippen molar-refractivity contribution in [3.8, 4) is 0 Å². The van der Waals surface area contributed by atoms with Gasteiger partial charge in [0.2, 0.25) is 0 Å². The number of hydrogen-bond donors (Lipinski definition) is 1. The smallest absolute Gasteiger partial charge is 0.261 e. The highest BCUT2D eigenvalue weighted by Gasteiger charge is 2.37. The van der Waals surface area contributed by atoms with E-state index < -0.39 is 9.05 Å². The van der Waals surface area contributed by atoms with Crippen LogP contribution in [0, 0.1) is 0 Å². The van der Waals surface area contributed by atoms with Crippen LogP contribution < -0.4 is 5.73 Å². The molecule has 2 N–H and O–H groups in total. The normalized spacial score (nSPS) is 18.4. The summed E-state index contributed by atoms with van der Waals surface area (Å²) in [7, 11) is 1.62. The highest BCUT2D eigenvalue weighted by molar-refractivity contribution is 8.13. The molecule has 0 bridgehead atoms. The summed E-state index contributed by atoms with van der Waals surface area (Å²) in [5, 5.41) is 0. The molecule has 2 rings (SSSR count). The minimum Gasteiger partial charge on any atom is -0.325 e. The van der Waals surface area contributed by atoms with E-state index in [1.807, 2.05) is 0 Å². The summed E-state index contributed by atoms with van der Waals surface area (Å²) >= 11 is 0. The predicted molar refractivity (Wildman–Crippen MR) is 64.0 cm³/mol. The van der Waals surface area contributed by atoms with E-state index in [2.05, 4.69) is 0 Å². The minimum atomic E-state index is -3.60. The third-order valence-corrected chi connectivity index (χ3v) is 4.38. The highest BCUT2D eigenvalue weighted by Crippen LogP contribution is 2.36. The molecule has 88 valence electrons. The summed E-state index contributed by atoms with van der Waals surface area (Å²) in [4.78, 5) is 0.145. The first-order valence-corrected chi connectivity index (χ1v) is 7.53. The van der Waals surface area contributed by atoms with E-state index in [9.17, 15) is 8.42 Å². The molecule has 0 spiro atoms. The maximum Gasteiger partial charge on any atom is 0.261 e. The van der Waals surface area contributed by atoms with Crippen LogP contribution in [-0.2, 0) is 15.5 Å². The summed E-state index contributed by atoms with van der Waals surface area (Å²) in [6, 6.07) is 6.66. The average Bonchev–Trinajstić information content (AvgIpc) is 2.94. The molecule has 0 unspecified atom stereocenters. The first-order valence-electron chi connectivity index (χ1n) is 5.22. The summed E-state index contributed by atoms with van der Waals surface area (Å²) < 4.78 is 22.0. The number of benzene rings is 1. The largest absolute Gasteiger partial charge is 0.325 e. The van der Waals surface area contributed by atoms with Gasteiger partial charge < -0.3 is 5.73 Å². The van der Waals surface area contributed by atoms with Gasteiger partial charge in [0.15, 0.2) is 0 Å². The van der Waals surface area contributed by atoms with Crippen LogP contribution in [0.3, 0.4) is 0 Å². The second kappa shape index (κ2) is 4.02. The van der Waals surface area contributed by atoms with Crippen LogP contribution in [0.25, 0.3) is 0 Å². The van der Waals surface area contributed by atoms with Crippen LogP contribution in [-0.4, -0.2) is 14.0 Å². The fourth-order valence-corrected chi connectivity index (χ4v) is 2.39. The molecule has 1 aromatic carbocycles. The van der Waals surface area contributed by atoms with E-state index in [-0.39, 0.29) is 10.4 Å². The van der Waals surface area contributed by atoms with Crippen molar-refractivity contribution in [3.63, 3.8) is 0 Å². The first-order chi connectivity index (χ1) is 7.39. The van der Waals surface area contributed by atoms with Crippen LogP contribution in [0.4, 0.5) is 0 Å². The molecule has 0 heterocycles. The topological polar surface area (TPSA) is 60.2 Å². The van der Waals surface area contributed by atoms with E-state index in [0.717, 1.165) is 31.2 Å². The SMILES string of the molecule is NC1(CCc2ccc(S(=O)(=O)Cl)cc2)CC1. The van der Waals surface area contributed by atoms with Crippen molar-refractivity contribution in [2.45, 2.75) is 36.1 Å². The monoisotopic (exact) mass is 259 g/mol. The van der Waals surface area contributed by atoms with Gasteiger partial charge >= 0.3 is 0 Å². The fourth-order valence-electron chi connectivity index (χ4n) is 1.62. The standard InChI is InChI=1S/C11H14ClNO2S/c12-16(14,15)10-3-1-9(2-4-10)5-6-11(13)7-8-11/h1-4H,5-8,13H2. The molecule has 0 saturated heterocycles. The van der Waals surface area contributed by atoms with Crippen molar-refractivity contribution in [1.82, 2.24) is 0 Å². The van der Waals surface area contributed by atoms with Crippen LogP contribution in [0.5, 0.6) is 0 Å². The van der Waals surface area contributed by atoms with Gasteiger partial charge in [0.1, 0.15) is 0 Å². The van der Waals surface area contributed by atoms with Crippen molar-refractivity contribution in [3.05, 3.63) is 29.8 Å². The molecule has 5 heteroatoms. The summed E-state index contributed by atoms with van der Waals surface area (Å²) in [6.07, 6.45) is 4.04. The van der Waals surface area contributed by atoms with Crippen LogP contribution in [0.1, 0.15) is 24.8 Å². The molecule has 16 heavy (non-hydrogen) atoms. The van der Waals surface area contributed by atoms with E-state index in [1.165, 1.54) is 12.1 Å². The van der Waals surface area contributed by atoms with Gasteiger partial charge in [-0.25, -0.2) is 8.42 Å². The Bertz CT molecular complexity index is 477. The van der Waals surface area contributed by atoms with Gasteiger partial charge in [-0.2, -0.15) is 0 Å². The lowest BCUT2D eigenvalue weighted by Crippen LogP contribution is -2.22. The third kappa shape index (κ3) is 2.97. The van der Waals surface area contributed by atoms with E-state index in [0.29, 0.717) is 0 Å². The van der Waals surface area contributed by atoms with Crippen LogP contribution in [0.2, 0.25) is 0 Å². The number of rotatable bonds is 4. The van der Waals surface area contributed by atoms with E-state index in [1.54, 1.807) is 12.1 Å². The quantitative estimate of drug-likeness (QED) is 0.842. The Balaban J connectivity index is 2.02. The molecule has 0 atom stereocenters. The molecule has 1 fully saturated rings. The van der Waals surface area contributed by atoms with Crippen LogP contribution >= 0.6 is 10.7 Å². The summed E-state index contributed by atoms with van der Waals surface area (Å²) in [5.41, 5.74) is 7.11. The third-order valence-electron chi connectivity index (χ3n) is 3.01. The maximum absolute atomic E-state index is 11.0. The Morgan fingerprint density at radius 1 is 1.25 bits per heavy atom. The molecule has 0 aromatic heterocycles. The van der Waals surface area contributed by atoms with E-state index >= 15 is 0 Å². The summed E-state index contributed by atoms with van der Waals surface area (Å²) in [6.45, 7) is 0. The van der Waals surface area contributed by atoms with Gasteiger partial charge in [-0.05, 0) is 43.4 Å². The number of aryl methyl sites for hydroxylation is 1. The molecule has 1 aromatic rings. The second-order valence-electron chi connectivity index (χ2n) is 4.44. The van der Waals surface area contributed by atoms with Gasteiger partial charge in [-0.3, -0.25) is 0 Å². The Kier molecular flexibility index (Phi) is 2.99. The van der Waals surface area contributed by atoms with Crippen molar-refractivity contribution >= 4 is 19.7 Å². The number of hydrogen-bond acceptors (Lipinski definition) is 3. The van der Waals surface area contributed by atoms with Crippen molar-refractivity contribution in [2.75, 3.05) is 0 Å². The Labute approximate surface area is 100 Å². The molecule has 1 saturated carbocycles. The van der Waals surface area contributed by atoms with Crippen molar-refractivity contribution < 1.29 is 8.42 Å². The zero-order valence-electron chi connectivity index (χ0n) is 8.82. The van der Waals surface area contributed by atoms with Crippen molar-refractivity contribution in [1.29, 1.82) is 0 Å². The molecular formula is C11H14ClNO2S. The molecular weight excluding hydrogens is 246 g/mol. The fraction of sp³-hybridized carbons (Fsp3) is 0.455. The molecule has 0 amide bonds. The highest BCUT2D eigenvalue weighted by atomic mass is 35.7. The molecule has 1 aliphatic carbocycles. The Morgan fingerprint density at radius 3 is 2.25 bits per heavy atom. The lowest BCUT2D eigenvalue weighted by molar-refractivity contribution is 0.606. The van der Waals surface area contributed by atoms with E-state index in [4.69, 9.17) is 16.4 Å². The van der Waals surface area contributed by atoms with Gasteiger partial charge in [-0.15, -0.1) is 0 Å².